The maximum atomic E-state index is 9.45. The summed E-state index contributed by atoms with van der Waals surface area (Å²) in [6.07, 6.45) is 2.40. The Bertz CT molecular complexity index is 843. The lowest BCUT2D eigenvalue weighted by Gasteiger charge is -2.33. The van der Waals surface area contributed by atoms with E-state index in [-0.39, 0.29) is 6.61 Å². The third kappa shape index (κ3) is 2.10. The van der Waals surface area contributed by atoms with Crippen LogP contribution >= 0.6 is 0 Å². The van der Waals surface area contributed by atoms with E-state index >= 15 is 0 Å². The van der Waals surface area contributed by atoms with Crippen molar-refractivity contribution in [1.29, 1.82) is 0 Å². The fourth-order valence-electron chi connectivity index (χ4n) is 3.22. The van der Waals surface area contributed by atoms with E-state index in [1.54, 1.807) is 0 Å². The van der Waals surface area contributed by atoms with Crippen LogP contribution in [0.3, 0.4) is 0 Å². The highest BCUT2D eigenvalue weighted by Crippen LogP contribution is 2.32. The van der Waals surface area contributed by atoms with Crippen molar-refractivity contribution >= 4 is 11.0 Å². The molecule has 0 saturated carbocycles. The van der Waals surface area contributed by atoms with Crippen molar-refractivity contribution in [3.05, 3.63) is 47.5 Å². The molecular weight excluding hydrogens is 278 g/mol. The van der Waals surface area contributed by atoms with Gasteiger partial charge in [0.1, 0.15) is 11.0 Å². The highest BCUT2D eigenvalue weighted by atomic mass is 16.6. The van der Waals surface area contributed by atoms with E-state index in [9.17, 15) is 5.11 Å². The lowest BCUT2D eigenvalue weighted by atomic mass is 9.78. The third-order valence-electron chi connectivity index (χ3n) is 4.55. The van der Waals surface area contributed by atoms with Crippen LogP contribution in [0.1, 0.15) is 17.5 Å². The molecule has 0 amide bonds. The first-order chi connectivity index (χ1) is 10.7. The van der Waals surface area contributed by atoms with Gasteiger partial charge in [-0.05, 0) is 52.3 Å². The molecule has 0 bridgehead atoms. The Hall–Kier alpha value is -2.24. The van der Waals surface area contributed by atoms with Crippen LogP contribution in [0.5, 0.6) is 0 Å². The highest BCUT2D eigenvalue weighted by molar-refractivity contribution is 5.91. The van der Waals surface area contributed by atoms with Crippen LogP contribution in [-0.2, 0) is 12.8 Å². The third-order valence-corrected chi connectivity index (χ3v) is 4.55. The zero-order valence-electron chi connectivity index (χ0n) is 12.1. The summed E-state index contributed by atoms with van der Waals surface area (Å²) in [4.78, 5) is 0. The van der Waals surface area contributed by atoms with Crippen LogP contribution < -0.4 is 5.73 Å². The predicted molar refractivity (Wildman–Crippen MR) is 83.3 cm³/mol. The largest absolute Gasteiger partial charge is 0.394 e. The number of benzene rings is 2. The van der Waals surface area contributed by atoms with Gasteiger partial charge >= 0.3 is 0 Å². The molecule has 1 aromatic heterocycles. The summed E-state index contributed by atoms with van der Waals surface area (Å²) in [5.74, 6) is 0. The quantitative estimate of drug-likeness (QED) is 0.756. The number of aryl methyl sites for hydroxylation is 1. The Morgan fingerprint density at radius 2 is 2.09 bits per heavy atom. The zero-order chi connectivity index (χ0) is 15.2. The maximum absolute atomic E-state index is 9.45. The van der Waals surface area contributed by atoms with E-state index in [1.807, 2.05) is 18.2 Å². The number of aromatic nitrogens is 2. The normalized spacial score (nSPS) is 21.0. The lowest BCUT2D eigenvalue weighted by molar-refractivity contribution is 0.181. The molecule has 1 aliphatic rings. The van der Waals surface area contributed by atoms with Gasteiger partial charge in [-0.2, -0.15) is 0 Å². The highest BCUT2D eigenvalue weighted by Gasteiger charge is 2.29. The number of aliphatic hydroxyl groups is 1. The van der Waals surface area contributed by atoms with Crippen LogP contribution in [-0.4, -0.2) is 27.6 Å². The minimum absolute atomic E-state index is 0.0259. The van der Waals surface area contributed by atoms with Crippen molar-refractivity contribution in [3.63, 3.8) is 0 Å². The summed E-state index contributed by atoms with van der Waals surface area (Å²) in [5.41, 5.74) is 11.9. The van der Waals surface area contributed by atoms with E-state index in [2.05, 4.69) is 28.5 Å². The number of nitrogens with two attached hydrogens (primary N) is 1. The molecule has 1 heterocycles. The van der Waals surface area contributed by atoms with Crippen LogP contribution in [0.2, 0.25) is 0 Å². The number of fused-ring (bicyclic) bond motifs is 2. The second-order valence-corrected chi connectivity index (χ2v) is 6.12. The Morgan fingerprint density at radius 1 is 1.18 bits per heavy atom. The van der Waals surface area contributed by atoms with E-state index in [0.29, 0.717) is 0 Å². The van der Waals surface area contributed by atoms with Crippen LogP contribution in [0.25, 0.3) is 22.2 Å². The van der Waals surface area contributed by atoms with Gasteiger partial charge in [-0.3, -0.25) is 0 Å². The summed E-state index contributed by atoms with van der Waals surface area (Å²) in [5, 5.41) is 17.3. The molecule has 0 aliphatic heterocycles. The number of hydrogen-bond donors (Lipinski definition) is 2. The first kappa shape index (κ1) is 13.4. The van der Waals surface area contributed by atoms with Gasteiger partial charge in [-0.15, -0.1) is 0 Å². The van der Waals surface area contributed by atoms with E-state index in [4.69, 9.17) is 10.4 Å². The Kier molecular flexibility index (Phi) is 2.99. The Balaban J connectivity index is 1.78. The summed E-state index contributed by atoms with van der Waals surface area (Å²) in [7, 11) is 0. The van der Waals surface area contributed by atoms with E-state index in [1.165, 1.54) is 11.1 Å². The number of hydrogen-bond acceptors (Lipinski definition) is 5. The number of nitrogens with zero attached hydrogens (tertiary/aromatic N) is 2. The van der Waals surface area contributed by atoms with Crippen molar-refractivity contribution < 1.29 is 9.74 Å². The van der Waals surface area contributed by atoms with Crippen molar-refractivity contribution in [2.24, 2.45) is 5.73 Å². The fourth-order valence-corrected chi connectivity index (χ4v) is 3.22. The predicted octanol–water partition coefficient (Wildman–Crippen LogP) is 2.07. The van der Waals surface area contributed by atoms with Gasteiger partial charge in [0.05, 0.1) is 6.61 Å². The fraction of sp³-hybridized carbons (Fsp3) is 0.294. The second-order valence-electron chi connectivity index (χ2n) is 6.12. The molecule has 5 heteroatoms. The monoisotopic (exact) mass is 295 g/mol. The van der Waals surface area contributed by atoms with Crippen LogP contribution in [0.15, 0.2) is 41.0 Å². The van der Waals surface area contributed by atoms with Gasteiger partial charge < -0.3 is 10.8 Å². The molecule has 5 nitrogen and oxygen atoms in total. The summed E-state index contributed by atoms with van der Waals surface area (Å²) >= 11 is 0. The standard InChI is InChI=1S/C17H17N3O2/c18-17(10-21)7-6-11-8-12(4-5-13(11)9-17)14-2-1-3-15-16(14)20-22-19-15/h1-5,8,21H,6-7,9-10,18H2. The van der Waals surface area contributed by atoms with Crippen LogP contribution in [0.4, 0.5) is 0 Å². The van der Waals surface area contributed by atoms with E-state index in [0.717, 1.165) is 41.4 Å². The molecule has 3 N–H and O–H groups in total. The molecule has 3 aromatic rings. The van der Waals surface area contributed by atoms with Crippen molar-refractivity contribution in [1.82, 2.24) is 10.3 Å². The van der Waals surface area contributed by atoms with Gasteiger partial charge in [-0.25, -0.2) is 4.63 Å². The molecule has 1 atom stereocenters. The Labute approximate surface area is 127 Å². The molecular formula is C17H17N3O2. The molecule has 0 radical (unpaired) electrons. The topological polar surface area (TPSA) is 85.2 Å². The lowest BCUT2D eigenvalue weighted by Crippen LogP contribution is -2.48. The molecule has 1 unspecified atom stereocenters. The molecule has 0 fully saturated rings. The molecule has 4 rings (SSSR count). The summed E-state index contributed by atoms with van der Waals surface area (Å²) < 4.78 is 4.84. The zero-order valence-corrected chi connectivity index (χ0v) is 12.1. The molecule has 22 heavy (non-hydrogen) atoms. The molecule has 2 aromatic carbocycles. The summed E-state index contributed by atoms with van der Waals surface area (Å²) in [6, 6.07) is 12.2. The number of aliphatic hydroxyl groups excluding tert-OH is 1. The molecule has 0 spiro atoms. The summed E-state index contributed by atoms with van der Waals surface area (Å²) in [6.45, 7) is 0.0259. The van der Waals surface area contributed by atoms with Gasteiger partial charge in [-0.1, -0.05) is 30.3 Å². The molecule has 0 saturated heterocycles. The maximum Gasteiger partial charge on any atom is 0.143 e. The SMILES string of the molecule is NC1(CO)CCc2cc(-c3cccc4nonc34)ccc2C1. The first-order valence-corrected chi connectivity index (χ1v) is 7.42. The van der Waals surface area contributed by atoms with Gasteiger partial charge in [0.2, 0.25) is 0 Å². The minimum Gasteiger partial charge on any atom is -0.394 e. The Morgan fingerprint density at radius 3 is 2.95 bits per heavy atom. The molecule has 112 valence electrons. The van der Waals surface area contributed by atoms with E-state index < -0.39 is 5.54 Å². The minimum atomic E-state index is -0.482. The van der Waals surface area contributed by atoms with Crippen molar-refractivity contribution in [2.45, 2.75) is 24.8 Å². The second kappa shape index (κ2) is 4.90. The first-order valence-electron chi connectivity index (χ1n) is 7.42. The van der Waals surface area contributed by atoms with Gasteiger partial charge in [0.15, 0.2) is 0 Å². The van der Waals surface area contributed by atoms with Crippen molar-refractivity contribution in [3.8, 4) is 11.1 Å². The average molecular weight is 295 g/mol. The van der Waals surface area contributed by atoms with Gasteiger partial charge in [0, 0.05) is 11.1 Å². The van der Waals surface area contributed by atoms with Gasteiger partial charge in [0.25, 0.3) is 0 Å². The molecule has 1 aliphatic carbocycles. The smallest absolute Gasteiger partial charge is 0.143 e. The number of rotatable bonds is 2. The van der Waals surface area contributed by atoms with Crippen molar-refractivity contribution in [2.75, 3.05) is 6.61 Å². The average Bonchev–Trinajstić information content (AvgIpc) is 3.03. The van der Waals surface area contributed by atoms with Crippen LogP contribution in [0, 0.1) is 0 Å².